The minimum absolute atomic E-state index is 0.388. The highest BCUT2D eigenvalue weighted by atomic mass is 16.6. The van der Waals surface area contributed by atoms with E-state index in [0.717, 1.165) is 13.0 Å². The number of rotatable bonds is 3. The van der Waals surface area contributed by atoms with E-state index >= 15 is 0 Å². The Bertz CT molecular complexity index is 238. The van der Waals surface area contributed by atoms with Crippen molar-refractivity contribution in [1.29, 1.82) is 0 Å². The first-order valence-electron chi connectivity index (χ1n) is 4.36. The number of hydrogen-bond acceptors (Lipinski definition) is 1. The minimum Gasteiger partial charge on any atom is -0.373 e. The number of epoxide rings is 1. The van der Waals surface area contributed by atoms with Crippen LogP contribution in [0.4, 0.5) is 0 Å². The molecular weight excluding hydrogens is 148 g/mol. The Morgan fingerprint density at radius 3 is 2.67 bits per heavy atom. The van der Waals surface area contributed by atoms with E-state index in [-0.39, 0.29) is 0 Å². The average Bonchev–Trinajstić information content (AvgIpc) is 2.90. The summed E-state index contributed by atoms with van der Waals surface area (Å²) >= 11 is 0. The Balaban J connectivity index is 1.98. The zero-order valence-electron chi connectivity index (χ0n) is 7.07. The molecule has 0 spiro atoms. The second-order valence-corrected chi connectivity index (χ2v) is 3.30. The van der Waals surface area contributed by atoms with Crippen molar-refractivity contribution in [2.45, 2.75) is 18.4 Å². The molecule has 2 atom stereocenters. The summed E-state index contributed by atoms with van der Waals surface area (Å²) in [6.07, 6.45) is 1.54. The highest BCUT2D eigenvalue weighted by Gasteiger charge is 2.25. The molecule has 1 saturated heterocycles. The fourth-order valence-electron chi connectivity index (χ4n) is 1.38. The van der Waals surface area contributed by atoms with E-state index in [1.807, 2.05) is 6.07 Å². The lowest BCUT2D eigenvalue weighted by Gasteiger charge is -2.08. The summed E-state index contributed by atoms with van der Waals surface area (Å²) in [6.45, 7) is 5.04. The molecular formula is C11H13O. The van der Waals surface area contributed by atoms with Crippen molar-refractivity contribution in [3.05, 3.63) is 42.8 Å². The Morgan fingerprint density at radius 2 is 2.08 bits per heavy atom. The highest BCUT2D eigenvalue weighted by Crippen LogP contribution is 2.26. The molecule has 0 bridgehead atoms. The van der Waals surface area contributed by atoms with E-state index < -0.39 is 0 Å². The normalized spacial score (nSPS) is 23.6. The first-order chi connectivity index (χ1) is 5.86. The van der Waals surface area contributed by atoms with Gasteiger partial charge in [0.2, 0.25) is 0 Å². The van der Waals surface area contributed by atoms with Crippen LogP contribution in [0.3, 0.4) is 0 Å². The molecule has 1 aromatic rings. The van der Waals surface area contributed by atoms with Crippen LogP contribution in [0.1, 0.15) is 17.9 Å². The number of hydrogen-bond donors (Lipinski definition) is 0. The third-order valence-corrected chi connectivity index (χ3v) is 2.22. The van der Waals surface area contributed by atoms with Crippen LogP contribution in [0.15, 0.2) is 30.3 Å². The Kier molecular flexibility index (Phi) is 2.13. The second kappa shape index (κ2) is 3.28. The van der Waals surface area contributed by atoms with E-state index in [1.54, 1.807) is 0 Å². The van der Waals surface area contributed by atoms with Crippen LogP contribution < -0.4 is 0 Å². The summed E-state index contributed by atoms with van der Waals surface area (Å²) in [5.41, 5.74) is 1.31. The van der Waals surface area contributed by atoms with Crippen molar-refractivity contribution in [3.63, 3.8) is 0 Å². The molecule has 1 aliphatic rings. The highest BCUT2D eigenvalue weighted by molar-refractivity contribution is 5.20. The van der Waals surface area contributed by atoms with Gasteiger partial charge in [0.1, 0.15) is 0 Å². The van der Waals surface area contributed by atoms with Gasteiger partial charge in [0, 0.05) is 0 Å². The number of ether oxygens (including phenoxy) is 1. The van der Waals surface area contributed by atoms with Crippen molar-refractivity contribution >= 4 is 0 Å². The van der Waals surface area contributed by atoms with Crippen LogP contribution in [0.2, 0.25) is 0 Å². The molecule has 1 nitrogen and oxygen atoms in total. The SMILES string of the molecule is [CH2]C(CC1CO1)c1ccccc1. The summed E-state index contributed by atoms with van der Waals surface area (Å²) in [5.74, 6) is 0.388. The topological polar surface area (TPSA) is 12.5 Å². The maximum atomic E-state index is 5.16. The fraction of sp³-hybridized carbons (Fsp3) is 0.364. The quantitative estimate of drug-likeness (QED) is 0.620. The van der Waals surface area contributed by atoms with Crippen LogP contribution >= 0.6 is 0 Å². The van der Waals surface area contributed by atoms with E-state index in [9.17, 15) is 0 Å². The van der Waals surface area contributed by atoms with Gasteiger partial charge in [0.25, 0.3) is 0 Å². The molecule has 1 aliphatic heterocycles. The molecule has 63 valence electrons. The van der Waals surface area contributed by atoms with Gasteiger partial charge in [-0.1, -0.05) is 30.3 Å². The zero-order chi connectivity index (χ0) is 8.39. The Morgan fingerprint density at radius 1 is 1.42 bits per heavy atom. The van der Waals surface area contributed by atoms with Crippen LogP contribution in [-0.4, -0.2) is 12.7 Å². The van der Waals surface area contributed by atoms with Gasteiger partial charge in [-0.15, -0.1) is 0 Å². The standard InChI is InChI=1S/C11H13O/c1-9(7-11-8-12-11)10-5-3-2-4-6-10/h2-6,9,11H,1,7-8H2. The molecule has 1 fully saturated rings. The molecule has 0 saturated carbocycles. The summed E-state index contributed by atoms with van der Waals surface area (Å²) < 4.78 is 5.16. The van der Waals surface area contributed by atoms with Crippen molar-refractivity contribution in [3.8, 4) is 0 Å². The van der Waals surface area contributed by atoms with Crippen LogP contribution in [0.25, 0.3) is 0 Å². The molecule has 12 heavy (non-hydrogen) atoms. The zero-order valence-corrected chi connectivity index (χ0v) is 7.07. The van der Waals surface area contributed by atoms with Crippen molar-refractivity contribution < 1.29 is 4.74 Å². The van der Waals surface area contributed by atoms with E-state index in [1.165, 1.54) is 5.56 Å². The van der Waals surface area contributed by atoms with Crippen molar-refractivity contribution in [2.24, 2.45) is 0 Å². The van der Waals surface area contributed by atoms with Gasteiger partial charge < -0.3 is 4.74 Å². The maximum absolute atomic E-state index is 5.16. The molecule has 2 unspecified atom stereocenters. The second-order valence-electron chi connectivity index (χ2n) is 3.30. The van der Waals surface area contributed by atoms with Gasteiger partial charge in [-0.05, 0) is 24.8 Å². The van der Waals surface area contributed by atoms with Crippen LogP contribution in [0.5, 0.6) is 0 Å². The van der Waals surface area contributed by atoms with E-state index in [0.29, 0.717) is 12.0 Å². The van der Waals surface area contributed by atoms with E-state index in [2.05, 4.69) is 31.2 Å². The van der Waals surface area contributed by atoms with Crippen LogP contribution in [0, 0.1) is 6.92 Å². The first-order valence-corrected chi connectivity index (χ1v) is 4.36. The lowest BCUT2D eigenvalue weighted by molar-refractivity contribution is 0.389. The minimum atomic E-state index is 0.388. The van der Waals surface area contributed by atoms with Gasteiger partial charge in [-0.2, -0.15) is 0 Å². The van der Waals surface area contributed by atoms with Crippen molar-refractivity contribution in [2.75, 3.05) is 6.61 Å². The third kappa shape index (κ3) is 1.86. The Labute approximate surface area is 73.4 Å². The summed E-state index contributed by atoms with van der Waals surface area (Å²) in [6, 6.07) is 10.4. The predicted octanol–water partition coefficient (Wildman–Crippen LogP) is 2.39. The third-order valence-electron chi connectivity index (χ3n) is 2.22. The average molecular weight is 161 g/mol. The molecule has 1 heterocycles. The molecule has 2 rings (SSSR count). The summed E-state index contributed by atoms with van der Waals surface area (Å²) in [7, 11) is 0. The predicted molar refractivity (Wildman–Crippen MR) is 48.9 cm³/mol. The first kappa shape index (κ1) is 7.81. The van der Waals surface area contributed by atoms with Crippen molar-refractivity contribution in [1.82, 2.24) is 0 Å². The van der Waals surface area contributed by atoms with Gasteiger partial charge in [-0.25, -0.2) is 0 Å². The van der Waals surface area contributed by atoms with Gasteiger partial charge in [-0.3, -0.25) is 0 Å². The lowest BCUT2D eigenvalue weighted by atomic mass is 9.97. The van der Waals surface area contributed by atoms with Gasteiger partial charge in [0.15, 0.2) is 0 Å². The molecule has 1 heteroatoms. The molecule has 1 aromatic carbocycles. The molecule has 0 amide bonds. The monoisotopic (exact) mass is 161 g/mol. The lowest BCUT2D eigenvalue weighted by Crippen LogP contribution is -1.97. The van der Waals surface area contributed by atoms with Crippen LogP contribution in [-0.2, 0) is 4.74 Å². The molecule has 0 aromatic heterocycles. The summed E-state index contributed by atoms with van der Waals surface area (Å²) in [5, 5.41) is 0. The van der Waals surface area contributed by atoms with E-state index in [4.69, 9.17) is 4.74 Å². The maximum Gasteiger partial charge on any atom is 0.0815 e. The number of benzene rings is 1. The molecule has 0 aliphatic carbocycles. The smallest absolute Gasteiger partial charge is 0.0815 e. The summed E-state index contributed by atoms with van der Waals surface area (Å²) in [4.78, 5) is 0. The van der Waals surface area contributed by atoms with Gasteiger partial charge >= 0.3 is 0 Å². The Hall–Kier alpha value is -0.820. The molecule has 0 N–H and O–H groups in total. The van der Waals surface area contributed by atoms with Gasteiger partial charge in [0.05, 0.1) is 12.7 Å². The molecule has 1 radical (unpaired) electrons. The fourth-order valence-corrected chi connectivity index (χ4v) is 1.38. The largest absolute Gasteiger partial charge is 0.373 e.